The van der Waals surface area contributed by atoms with Gasteiger partial charge >= 0.3 is 0 Å². The van der Waals surface area contributed by atoms with E-state index in [0.29, 0.717) is 5.17 Å². The Bertz CT molecular complexity index is 801. The highest BCUT2D eigenvalue weighted by Gasteiger charge is 2.50. The molecule has 0 radical (unpaired) electrons. The smallest absolute Gasteiger partial charge is 0.262 e. The maximum atomic E-state index is 12.1. The first-order chi connectivity index (χ1) is 11.9. The average Bonchev–Trinajstić information content (AvgIpc) is 3.04. The maximum Gasteiger partial charge on any atom is 0.262 e. The lowest BCUT2D eigenvalue weighted by atomic mass is 10.0. The summed E-state index contributed by atoms with van der Waals surface area (Å²) in [5, 5.41) is 0.479. The van der Waals surface area contributed by atoms with Crippen LogP contribution in [0.25, 0.3) is 0 Å². The molecule has 136 valence electrons. The molecule has 2 atom stereocenters. The molecule has 2 aliphatic heterocycles. The van der Waals surface area contributed by atoms with Crippen molar-refractivity contribution in [2.45, 2.75) is 38.0 Å². The molecule has 5 nitrogen and oxygen atoms in total. The van der Waals surface area contributed by atoms with E-state index in [0.717, 1.165) is 29.7 Å². The minimum Gasteiger partial charge on any atom is -0.315 e. The molecule has 1 amide bonds. The van der Waals surface area contributed by atoms with E-state index in [4.69, 9.17) is 11.6 Å². The van der Waals surface area contributed by atoms with Crippen molar-refractivity contribution in [3.8, 4) is 0 Å². The summed E-state index contributed by atoms with van der Waals surface area (Å²) in [4.78, 5) is 18.0. The van der Waals surface area contributed by atoms with Crippen molar-refractivity contribution < 1.29 is 13.2 Å². The molecule has 3 rings (SSSR count). The number of fused-ring (bicyclic) bond motifs is 1. The number of carbonyl (C=O) groups excluding carboxylic acids is 1. The van der Waals surface area contributed by atoms with E-state index in [2.05, 4.69) is 31.0 Å². The number of amidine groups is 1. The molecular weight excluding hydrogens is 380 g/mol. The topological polar surface area (TPSA) is 66.8 Å². The van der Waals surface area contributed by atoms with Gasteiger partial charge in [0.1, 0.15) is 5.88 Å². The van der Waals surface area contributed by atoms with Gasteiger partial charge in [0.2, 0.25) is 0 Å². The van der Waals surface area contributed by atoms with Crippen LogP contribution in [0.1, 0.15) is 25.0 Å². The number of aryl methyl sites for hydroxylation is 2. The number of sulfone groups is 1. The molecule has 0 N–H and O–H groups in total. The Hall–Kier alpha value is -1.05. The third kappa shape index (κ3) is 3.59. The van der Waals surface area contributed by atoms with E-state index in [1.54, 1.807) is 0 Å². The number of carbonyl (C=O) groups is 1. The van der Waals surface area contributed by atoms with Crippen LogP contribution >= 0.6 is 23.4 Å². The summed E-state index contributed by atoms with van der Waals surface area (Å²) in [6.07, 6.45) is 1.65. The van der Waals surface area contributed by atoms with Crippen LogP contribution in [0.2, 0.25) is 0 Å². The number of hydrogen-bond acceptors (Lipinski definition) is 4. The molecule has 0 bridgehead atoms. The third-order valence-electron chi connectivity index (χ3n) is 4.61. The van der Waals surface area contributed by atoms with Gasteiger partial charge in [-0.15, -0.1) is 11.6 Å². The molecule has 0 aliphatic carbocycles. The number of anilines is 1. The number of aliphatic imine (C=N–C) groups is 1. The summed E-state index contributed by atoms with van der Waals surface area (Å²) in [5.74, 6) is -0.353. The highest BCUT2D eigenvalue weighted by atomic mass is 35.5. The van der Waals surface area contributed by atoms with Gasteiger partial charge in [-0.1, -0.05) is 43.8 Å². The third-order valence-corrected chi connectivity index (χ3v) is 8.05. The first-order valence-corrected chi connectivity index (χ1v) is 11.6. The molecule has 1 aromatic rings. The molecule has 2 heterocycles. The van der Waals surface area contributed by atoms with Crippen molar-refractivity contribution in [1.82, 2.24) is 0 Å². The number of rotatable bonds is 4. The molecule has 0 aromatic heterocycles. The molecule has 8 heteroatoms. The predicted molar refractivity (Wildman–Crippen MR) is 105 cm³/mol. The first kappa shape index (κ1) is 18.7. The van der Waals surface area contributed by atoms with Crippen molar-refractivity contribution in [2.75, 3.05) is 22.3 Å². The predicted octanol–water partition coefficient (Wildman–Crippen LogP) is 2.65. The molecule has 0 saturated carbocycles. The summed E-state index contributed by atoms with van der Waals surface area (Å²) in [6.45, 7) is 4.15. The number of amides is 1. The maximum absolute atomic E-state index is 12.1. The van der Waals surface area contributed by atoms with Gasteiger partial charge in [0.15, 0.2) is 15.0 Å². The van der Waals surface area contributed by atoms with Crippen LogP contribution in [-0.4, -0.2) is 48.2 Å². The van der Waals surface area contributed by atoms with E-state index in [1.165, 1.54) is 11.8 Å². The van der Waals surface area contributed by atoms with Crippen LogP contribution in [0, 0.1) is 0 Å². The van der Waals surface area contributed by atoms with Gasteiger partial charge in [0.05, 0.1) is 17.5 Å². The second-order valence-electron chi connectivity index (χ2n) is 6.22. The number of benzene rings is 1. The summed E-state index contributed by atoms with van der Waals surface area (Å²) in [5.41, 5.74) is 3.28. The molecule has 1 aromatic carbocycles. The zero-order valence-electron chi connectivity index (χ0n) is 14.2. The lowest BCUT2D eigenvalue weighted by Gasteiger charge is -2.29. The molecule has 25 heavy (non-hydrogen) atoms. The Morgan fingerprint density at radius 1 is 1.28 bits per heavy atom. The number of halogens is 1. The summed E-state index contributed by atoms with van der Waals surface area (Å²) in [6, 6.07) is 5.94. The van der Waals surface area contributed by atoms with Crippen molar-refractivity contribution in [1.29, 1.82) is 0 Å². The Labute approximate surface area is 157 Å². The number of thioether (sulfide) groups is 1. The van der Waals surface area contributed by atoms with Crippen LogP contribution in [0.4, 0.5) is 5.69 Å². The van der Waals surface area contributed by atoms with Gasteiger partial charge in [0, 0.05) is 10.9 Å². The number of para-hydroxylation sites is 1. The van der Waals surface area contributed by atoms with Gasteiger partial charge in [-0.3, -0.25) is 4.79 Å². The Morgan fingerprint density at radius 3 is 2.48 bits per heavy atom. The van der Waals surface area contributed by atoms with Crippen molar-refractivity contribution in [3.63, 3.8) is 0 Å². The Balaban J connectivity index is 2.15. The number of alkyl halides is 1. The van der Waals surface area contributed by atoms with Crippen LogP contribution in [-0.2, 0) is 27.5 Å². The van der Waals surface area contributed by atoms with Crippen LogP contribution in [0.5, 0.6) is 0 Å². The summed E-state index contributed by atoms with van der Waals surface area (Å²) < 4.78 is 24.3. The second kappa shape index (κ2) is 7.29. The lowest BCUT2D eigenvalue weighted by Crippen LogP contribution is -2.39. The molecule has 0 spiro atoms. The second-order valence-corrected chi connectivity index (χ2v) is 9.85. The van der Waals surface area contributed by atoms with Gasteiger partial charge in [-0.05, 0) is 24.0 Å². The van der Waals surface area contributed by atoms with Gasteiger partial charge in [0.25, 0.3) is 5.91 Å². The monoisotopic (exact) mass is 400 g/mol. The van der Waals surface area contributed by atoms with Crippen LogP contribution in [0.3, 0.4) is 0 Å². The molecular formula is C17H21ClN2O3S2. The van der Waals surface area contributed by atoms with Crippen LogP contribution in [0.15, 0.2) is 23.2 Å². The SMILES string of the molecule is CCc1cccc(CC)c1N1C(=NC(=O)CCl)S[C@H]2CS(=O)(=O)C[C@H]21. The van der Waals surface area contributed by atoms with Gasteiger partial charge < -0.3 is 4.90 Å². The molecule has 2 fully saturated rings. The van der Waals surface area contributed by atoms with Gasteiger partial charge in [-0.2, -0.15) is 4.99 Å². The Morgan fingerprint density at radius 2 is 1.92 bits per heavy atom. The Kier molecular flexibility index (Phi) is 5.46. The molecule has 2 aliphatic rings. The summed E-state index contributed by atoms with van der Waals surface area (Å²) in [7, 11) is -3.07. The fourth-order valence-corrected chi connectivity index (χ4v) is 7.46. The fraction of sp³-hybridized carbons (Fsp3) is 0.529. The van der Waals surface area contributed by atoms with E-state index in [-0.39, 0.29) is 28.7 Å². The zero-order valence-corrected chi connectivity index (χ0v) is 16.6. The fourth-order valence-electron chi connectivity index (χ4n) is 3.49. The number of nitrogens with zero attached hydrogens (tertiary/aromatic N) is 2. The van der Waals surface area contributed by atoms with E-state index in [1.807, 2.05) is 11.0 Å². The lowest BCUT2D eigenvalue weighted by molar-refractivity contribution is -0.115. The summed E-state index contributed by atoms with van der Waals surface area (Å²) >= 11 is 7.01. The van der Waals surface area contributed by atoms with Crippen molar-refractivity contribution in [3.05, 3.63) is 29.3 Å². The van der Waals surface area contributed by atoms with Crippen LogP contribution < -0.4 is 4.90 Å². The largest absolute Gasteiger partial charge is 0.315 e. The van der Waals surface area contributed by atoms with Crippen molar-refractivity contribution >= 4 is 50.0 Å². The highest BCUT2D eigenvalue weighted by Crippen LogP contribution is 2.43. The number of hydrogen-bond donors (Lipinski definition) is 0. The highest BCUT2D eigenvalue weighted by molar-refractivity contribution is 8.16. The zero-order chi connectivity index (χ0) is 18.2. The quantitative estimate of drug-likeness (QED) is 0.727. The first-order valence-electron chi connectivity index (χ1n) is 8.34. The van der Waals surface area contributed by atoms with Gasteiger partial charge in [-0.25, -0.2) is 8.42 Å². The standard InChI is InChI=1S/C17H21ClN2O3S2/c1-3-11-6-5-7-12(4-2)16(11)20-13-9-25(22,23)10-14(13)24-17(20)19-15(21)8-18/h5-7,13-14H,3-4,8-10H2,1-2H3/t13-,14+/m1/s1. The molecule has 0 unspecified atom stereocenters. The van der Waals surface area contributed by atoms with E-state index in [9.17, 15) is 13.2 Å². The van der Waals surface area contributed by atoms with E-state index < -0.39 is 15.7 Å². The molecule has 2 saturated heterocycles. The average molecular weight is 401 g/mol. The normalized spacial score (nSPS) is 26.2. The minimum atomic E-state index is -3.07. The van der Waals surface area contributed by atoms with Crippen molar-refractivity contribution in [2.24, 2.45) is 4.99 Å². The van der Waals surface area contributed by atoms with E-state index >= 15 is 0 Å². The minimum absolute atomic E-state index is 0.0958.